The molecule has 2 saturated heterocycles. The minimum atomic E-state index is -0.477. The monoisotopic (exact) mass is 425 g/mol. The van der Waals surface area contributed by atoms with Gasteiger partial charge in [-0.1, -0.05) is 54.1 Å². The van der Waals surface area contributed by atoms with Crippen molar-refractivity contribution in [2.75, 3.05) is 4.90 Å². The van der Waals surface area contributed by atoms with E-state index in [4.69, 9.17) is 4.74 Å². The number of rotatable bonds is 4. The fraction of sp³-hybridized carbons (Fsp3) is 0.370. The molecule has 2 saturated carbocycles. The highest BCUT2D eigenvalue weighted by molar-refractivity contribution is 6.22. The Balaban J connectivity index is 1.10. The van der Waals surface area contributed by atoms with Crippen LogP contribution in [-0.4, -0.2) is 23.7 Å². The average Bonchev–Trinajstić information content (AvgIpc) is 3.73. The molecule has 0 N–H and O–H groups in total. The van der Waals surface area contributed by atoms with Crippen LogP contribution in [0.5, 0.6) is 0 Å². The van der Waals surface area contributed by atoms with Gasteiger partial charge >= 0.3 is 0 Å². The Morgan fingerprint density at radius 3 is 2.06 bits per heavy atom. The molecule has 2 aromatic rings. The Kier molecular flexibility index (Phi) is 3.62. The van der Waals surface area contributed by atoms with Crippen molar-refractivity contribution in [1.82, 2.24) is 0 Å². The Hall–Kier alpha value is -3.05. The highest BCUT2D eigenvalue weighted by atomic mass is 16.6. The quantitative estimate of drug-likeness (QED) is 0.323. The third-order valence-corrected chi connectivity index (χ3v) is 8.23. The average molecular weight is 425 g/mol. The summed E-state index contributed by atoms with van der Waals surface area (Å²) in [6.07, 6.45) is 4.78. The summed E-state index contributed by atoms with van der Waals surface area (Å²) in [4.78, 5) is 40.6. The molecular weight excluding hydrogens is 402 g/mol. The number of nitrogens with zero attached hydrogens (tertiary/aromatic N) is 1. The van der Waals surface area contributed by atoms with Gasteiger partial charge in [0, 0.05) is 5.56 Å². The fourth-order valence-corrected chi connectivity index (χ4v) is 6.47. The molecule has 160 valence electrons. The van der Waals surface area contributed by atoms with Gasteiger partial charge in [-0.05, 0) is 54.7 Å². The van der Waals surface area contributed by atoms with Crippen LogP contribution in [-0.2, 0) is 14.3 Å². The van der Waals surface area contributed by atoms with Gasteiger partial charge in [-0.3, -0.25) is 19.3 Å². The van der Waals surface area contributed by atoms with Gasteiger partial charge in [0.1, 0.15) is 6.10 Å². The minimum Gasteiger partial charge on any atom is -0.356 e. The third kappa shape index (κ3) is 2.46. The number of ketones is 1. The number of anilines is 1. The van der Waals surface area contributed by atoms with Crippen molar-refractivity contribution in [3.05, 3.63) is 77.4 Å². The largest absolute Gasteiger partial charge is 0.356 e. The molecule has 8 rings (SSSR count). The lowest BCUT2D eigenvalue weighted by Crippen LogP contribution is -2.40. The van der Waals surface area contributed by atoms with Crippen LogP contribution in [0.25, 0.3) is 0 Å². The van der Waals surface area contributed by atoms with E-state index in [-0.39, 0.29) is 47.4 Å². The maximum Gasteiger partial charge on any atom is 0.238 e. The lowest BCUT2D eigenvalue weighted by Gasteiger charge is -2.37. The number of imide groups is 1. The summed E-state index contributed by atoms with van der Waals surface area (Å²) in [5, 5.41) is 0. The molecule has 5 nitrogen and oxygen atoms in total. The first-order chi connectivity index (χ1) is 15.5. The molecule has 8 atom stereocenters. The van der Waals surface area contributed by atoms with Crippen molar-refractivity contribution in [2.45, 2.75) is 25.6 Å². The molecular formula is C27H23NO4. The van der Waals surface area contributed by atoms with Gasteiger partial charge in [-0.15, -0.1) is 0 Å². The van der Waals surface area contributed by atoms with E-state index in [1.165, 1.54) is 4.90 Å². The van der Waals surface area contributed by atoms with E-state index in [9.17, 15) is 14.4 Å². The van der Waals surface area contributed by atoms with Crippen LogP contribution in [0.4, 0.5) is 5.69 Å². The number of carbonyl (C=O) groups excluding carboxylic acids is 3. The van der Waals surface area contributed by atoms with Gasteiger partial charge in [0.2, 0.25) is 11.8 Å². The van der Waals surface area contributed by atoms with Crippen LogP contribution in [0.1, 0.15) is 34.0 Å². The molecule has 32 heavy (non-hydrogen) atoms. The Morgan fingerprint density at radius 2 is 1.47 bits per heavy atom. The van der Waals surface area contributed by atoms with Gasteiger partial charge in [0.25, 0.3) is 0 Å². The summed E-state index contributed by atoms with van der Waals surface area (Å²) >= 11 is 0. The normalized spacial score (nSPS) is 38.0. The number of carbonyl (C=O) groups is 3. The molecule has 0 spiro atoms. The number of ether oxygens (including phenoxy) is 1. The van der Waals surface area contributed by atoms with Crippen LogP contribution >= 0.6 is 0 Å². The summed E-state index contributed by atoms with van der Waals surface area (Å²) in [5.74, 6) is 1.15. The Bertz CT molecular complexity index is 1160. The van der Waals surface area contributed by atoms with Crippen LogP contribution in [0.2, 0.25) is 0 Å². The van der Waals surface area contributed by atoms with E-state index in [0.29, 0.717) is 23.1 Å². The number of amides is 2. The van der Waals surface area contributed by atoms with Crippen LogP contribution < -0.4 is 4.90 Å². The second kappa shape index (κ2) is 6.26. The van der Waals surface area contributed by atoms with E-state index >= 15 is 0 Å². The van der Waals surface area contributed by atoms with Crippen molar-refractivity contribution >= 4 is 23.3 Å². The zero-order valence-corrected chi connectivity index (χ0v) is 17.7. The van der Waals surface area contributed by atoms with E-state index in [1.54, 1.807) is 0 Å². The second-order valence-electron chi connectivity index (χ2n) is 9.97. The number of hydrogen-bond donors (Lipinski definition) is 0. The number of benzene rings is 2. The van der Waals surface area contributed by atoms with Gasteiger partial charge in [0.15, 0.2) is 11.9 Å². The number of epoxide rings is 1. The van der Waals surface area contributed by atoms with Crippen LogP contribution in [0.15, 0.2) is 60.7 Å². The highest BCUT2D eigenvalue weighted by Gasteiger charge is 2.67. The lowest BCUT2D eigenvalue weighted by molar-refractivity contribution is -0.124. The SMILES string of the molecule is Cc1ccc(C(=O)C2OC2c2ccc(N3C(=O)C4C5C=CC(C6CC56)C4C3=O)cc2)cc1. The predicted molar refractivity (Wildman–Crippen MR) is 117 cm³/mol. The summed E-state index contributed by atoms with van der Waals surface area (Å²) in [5.41, 5.74) is 3.26. The highest BCUT2D eigenvalue weighted by Crippen LogP contribution is 2.65. The van der Waals surface area contributed by atoms with E-state index in [1.807, 2.05) is 55.5 Å². The number of allylic oxidation sites excluding steroid dienone is 2. The third-order valence-electron chi connectivity index (χ3n) is 8.23. The van der Waals surface area contributed by atoms with E-state index in [0.717, 1.165) is 17.5 Å². The standard InChI is InChI=1S/C27H23NO4/c1-13-2-4-14(5-3-13)23(29)25-24(32-25)15-6-8-16(9-7-15)28-26(30)21-17-10-11-18(20-12-19(17)20)22(21)27(28)31/h2-11,17-22,24-25H,12H2,1H3. The number of hydrogen-bond acceptors (Lipinski definition) is 4. The van der Waals surface area contributed by atoms with Crippen molar-refractivity contribution in [2.24, 2.45) is 35.5 Å². The maximum absolute atomic E-state index is 13.3. The predicted octanol–water partition coefficient (Wildman–Crippen LogP) is 3.88. The van der Waals surface area contributed by atoms with E-state index < -0.39 is 6.10 Å². The molecule has 2 amide bonds. The molecule has 0 aromatic heterocycles. The Morgan fingerprint density at radius 1 is 0.875 bits per heavy atom. The number of Topliss-reactive ketones (excluding diaryl/α,β-unsaturated/α-hetero) is 1. The van der Waals surface area contributed by atoms with Crippen LogP contribution in [0.3, 0.4) is 0 Å². The summed E-state index contributed by atoms with van der Waals surface area (Å²) in [7, 11) is 0. The second-order valence-corrected chi connectivity index (χ2v) is 9.97. The van der Waals surface area contributed by atoms with Gasteiger partial charge in [-0.2, -0.15) is 0 Å². The topological polar surface area (TPSA) is 67.0 Å². The molecule has 4 fully saturated rings. The van der Waals surface area contributed by atoms with Gasteiger partial charge < -0.3 is 4.74 Å². The molecule has 2 aliphatic heterocycles. The smallest absolute Gasteiger partial charge is 0.238 e. The van der Waals surface area contributed by atoms with Crippen LogP contribution in [0, 0.1) is 42.4 Å². The zero-order chi connectivity index (χ0) is 21.7. The maximum atomic E-state index is 13.3. The first kappa shape index (κ1) is 18.5. The Labute approximate surface area is 186 Å². The molecule has 2 heterocycles. The number of aryl methyl sites for hydroxylation is 1. The van der Waals surface area contributed by atoms with Crippen molar-refractivity contribution in [1.29, 1.82) is 0 Å². The zero-order valence-electron chi connectivity index (χ0n) is 17.7. The molecule has 2 bridgehead atoms. The molecule has 4 aliphatic carbocycles. The van der Waals surface area contributed by atoms with Crippen molar-refractivity contribution < 1.29 is 19.1 Å². The summed E-state index contributed by atoms with van der Waals surface area (Å²) in [6, 6.07) is 14.9. The first-order valence-electron chi connectivity index (χ1n) is 11.5. The lowest BCUT2D eigenvalue weighted by atomic mass is 9.63. The van der Waals surface area contributed by atoms with E-state index in [2.05, 4.69) is 12.2 Å². The summed E-state index contributed by atoms with van der Waals surface area (Å²) in [6.45, 7) is 1.99. The van der Waals surface area contributed by atoms with Crippen molar-refractivity contribution in [3.8, 4) is 0 Å². The fourth-order valence-electron chi connectivity index (χ4n) is 6.47. The molecule has 2 aromatic carbocycles. The first-order valence-corrected chi connectivity index (χ1v) is 11.5. The minimum absolute atomic E-state index is 0.0189. The molecule has 8 unspecified atom stereocenters. The molecule has 6 aliphatic rings. The van der Waals surface area contributed by atoms with Gasteiger partial charge in [-0.25, -0.2) is 0 Å². The van der Waals surface area contributed by atoms with Crippen molar-refractivity contribution in [3.63, 3.8) is 0 Å². The molecule has 5 heteroatoms. The molecule has 0 radical (unpaired) electrons. The van der Waals surface area contributed by atoms with Gasteiger partial charge in [0.05, 0.1) is 17.5 Å². The summed E-state index contributed by atoms with van der Waals surface area (Å²) < 4.78 is 5.68.